The van der Waals surface area contributed by atoms with Crippen LogP contribution in [0.4, 0.5) is 5.69 Å². The number of fused-ring (bicyclic) bond motifs is 1. The van der Waals surface area contributed by atoms with E-state index in [2.05, 4.69) is 5.32 Å². The lowest BCUT2D eigenvalue weighted by atomic mass is 10.0. The molecule has 8 nitrogen and oxygen atoms in total. The van der Waals surface area contributed by atoms with Gasteiger partial charge in [-0.05, 0) is 23.3 Å². The van der Waals surface area contributed by atoms with Crippen molar-refractivity contribution in [2.45, 2.75) is 28.2 Å². The van der Waals surface area contributed by atoms with E-state index >= 15 is 0 Å². The van der Waals surface area contributed by atoms with E-state index in [0.29, 0.717) is 23.6 Å². The maximum Gasteiger partial charge on any atom is 0.355 e. The highest BCUT2D eigenvalue weighted by Crippen LogP contribution is 2.41. The zero-order valence-electron chi connectivity index (χ0n) is 19.5. The summed E-state index contributed by atoms with van der Waals surface area (Å²) >= 11 is 18.7. The van der Waals surface area contributed by atoms with Crippen molar-refractivity contribution < 1.29 is 23.7 Å². The molecular formula is C25H24Cl3N4O4S+. The number of nitrogens with two attached hydrogens (primary N) is 1. The Morgan fingerprint density at radius 2 is 1.97 bits per heavy atom. The van der Waals surface area contributed by atoms with E-state index in [4.69, 9.17) is 45.3 Å². The van der Waals surface area contributed by atoms with Crippen LogP contribution in [0.15, 0.2) is 78.3 Å². The fourth-order valence-corrected chi connectivity index (χ4v) is 5.44. The molecule has 1 saturated heterocycles. The number of rotatable bonds is 8. The molecule has 0 bridgehead atoms. The third-order valence-electron chi connectivity index (χ3n) is 5.60. The Balaban J connectivity index is 1.51. The number of hydrogen-bond acceptors (Lipinski definition) is 6. The summed E-state index contributed by atoms with van der Waals surface area (Å²) in [5, 5.41) is 2.34. The number of anilines is 1. The molecule has 2 aliphatic heterocycles. The number of allylic oxidation sites excluding steroid dienone is 2. The monoisotopic (exact) mass is 581 g/mol. The molecule has 0 aliphatic carbocycles. The number of esters is 1. The molecule has 4 rings (SSSR count). The van der Waals surface area contributed by atoms with Crippen LogP contribution < -0.4 is 15.6 Å². The Morgan fingerprint density at radius 1 is 1.22 bits per heavy atom. The van der Waals surface area contributed by atoms with Gasteiger partial charge in [-0.15, -0.1) is 11.8 Å². The summed E-state index contributed by atoms with van der Waals surface area (Å²) in [6.45, 7) is 0.0123. The summed E-state index contributed by atoms with van der Waals surface area (Å²) in [6.07, 6.45) is 7.40. The standard InChI is InChI=1S/C25H23Cl3N4O4S/c26-25(27,28)15-36-24(35)21-17(8-4-10-31-11-5-9-18(29)13-31)14-37-23-20(22(34)32(21)23)30-19(33)12-16-6-2-1-3-7-16/h1-9,11,13,20,23H,10,12,14-15,29H2/p+1/b8-4+/t20-,23+/m1/s1. The molecule has 0 saturated carbocycles. The number of nitrogens with one attached hydrogen (secondary N) is 1. The minimum Gasteiger partial charge on any atom is -0.456 e. The first-order valence-corrected chi connectivity index (χ1v) is 13.5. The molecule has 1 aromatic carbocycles. The molecule has 0 radical (unpaired) electrons. The number of benzene rings is 1. The lowest BCUT2D eigenvalue weighted by Crippen LogP contribution is -2.70. The summed E-state index contributed by atoms with van der Waals surface area (Å²) < 4.78 is 5.29. The van der Waals surface area contributed by atoms with Gasteiger partial charge in [-0.1, -0.05) is 71.2 Å². The predicted molar refractivity (Wildman–Crippen MR) is 144 cm³/mol. The second-order valence-corrected chi connectivity index (χ2v) is 12.0. The highest BCUT2D eigenvalue weighted by atomic mass is 35.6. The van der Waals surface area contributed by atoms with Crippen molar-refractivity contribution in [1.82, 2.24) is 10.2 Å². The maximum atomic E-state index is 13.1. The van der Waals surface area contributed by atoms with Crippen molar-refractivity contribution >= 4 is 70.0 Å². The number of pyridine rings is 1. The van der Waals surface area contributed by atoms with Crippen molar-refractivity contribution in [2.75, 3.05) is 18.1 Å². The van der Waals surface area contributed by atoms with Gasteiger partial charge in [-0.3, -0.25) is 14.5 Å². The molecule has 37 heavy (non-hydrogen) atoms. The number of aromatic nitrogens is 1. The molecule has 1 aromatic heterocycles. The second-order valence-electron chi connectivity index (χ2n) is 8.42. The maximum absolute atomic E-state index is 13.1. The quantitative estimate of drug-likeness (QED) is 0.215. The van der Waals surface area contributed by atoms with Gasteiger partial charge in [0.1, 0.15) is 23.7 Å². The molecule has 194 valence electrons. The van der Waals surface area contributed by atoms with Crippen LogP contribution in [-0.4, -0.2) is 50.3 Å². The van der Waals surface area contributed by atoms with E-state index in [1.54, 1.807) is 18.3 Å². The van der Waals surface area contributed by atoms with Gasteiger partial charge in [0, 0.05) is 11.8 Å². The number of thioether (sulfide) groups is 1. The van der Waals surface area contributed by atoms with Gasteiger partial charge >= 0.3 is 5.97 Å². The smallest absolute Gasteiger partial charge is 0.355 e. The van der Waals surface area contributed by atoms with E-state index in [9.17, 15) is 14.4 Å². The van der Waals surface area contributed by atoms with Gasteiger partial charge in [-0.25, -0.2) is 4.79 Å². The van der Waals surface area contributed by atoms with Crippen LogP contribution in [0.1, 0.15) is 5.56 Å². The average Bonchev–Trinajstić information content (AvgIpc) is 2.85. The van der Waals surface area contributed by atoms with Gasteiger partial charge in [0.15, 0.2) is 18.9 Å². The molecule has 0 unspecified atom stereocenters. The van der Waals surface area contributed by atoms with E-state index in [1.807, 2.05) is 53.2 Å². The van der Waals surface area contributed by atoms with Crippen molar-refractivity contribution in [3.8, 4) is 0 Å². The molecule has 2 atom stereocenters. The lowest BCUT2D eigenvalue weighted by molar-refractivity contribution is -0.686. The van der Waals surface area contributed by atoms with Gasteiger partial charge in [0.05, 0.1) is 12.1 Å². The number of hydrogen-bond donors (Lipinski definition) is 2. The highest BCUT2D eigenvalue weighted by Gasteiger charge is 2.54. The Kier molecular flexibility index (Phi) is 8.69. The van der Waals surface area contributed by atoms with Crippen LogP contribution in [0.5, 0.6) is 0 Å². The summed E-state index contributed by atoms with van der Waals surface area (Å²) in [7, 11) is 0. The molecule has 3 N–H and O–H groups in total. The van der Waals surface area contributed by atoms with E-state index < -0.39 is 33.7 Å². The van der Waals surface area contributed by atoms with Gasteiger partial charge in [0.25, 0.3) is 5.91 Å². The first-order chi connectivity index (χ1) is 17.6. The first-order valence-electron chi connectivity index (χ1n) is 11.3. The Hall–Kier alpha value is -2.72. The topological polar surface area (TPSA) is 106 Å². The van der Waals surface area contributed by atoms with E-state index in [0.717, 1.165) is 5.56 Å². The third-order valence-corrected chi connectivity index (χ3v) is 7.23. The fourth-order valence-electron chi connectivity index (χ4n) is 3.95. The lowest BCUT2D eigenvalue weighted by Gasteiger charge is -2.49. The number of nitrogen functional groups attached to an aromatic ring is 1. The van der Waals surface area contributed by atoms with Crippen LogP contribution in [0, 0.1) is 0 Å². The third kappa shape index (κ3) is 6.98. The number of alkyl halides is 3. The number of ether oxygens (including phenoxy) is 1. The SMILES string of the molecule is Nc1ccc[n+](C/C=C/C2=C(C(=O)OCC(Cl)(Cl)Cl)N3C(=O)[C@@H](NC(=O)Cc4ccccc4)[C@@H]3SC2)c1. The van der Waals surface area contributed by atoms with Crippen LogP contribution in [-0.2, 0) is 32.1 Å². The fraction of sp³-hybridized carbons (Fsp3) is 0.280. The summed E-state index contributed by atoms with van der Waals surface area (Å²) in [5.41, 5.74) is 7.94. The molecule has 0 spiro atoms. The minimum absolute atomic E-state index is 0.0744. The number of nitrogens with zero attached hydrogens (tertiary/aromatic N) is 2. The zero-order chi connectivity index (χ0) is 26.6. The minimum atomic E-state index is -1.80. The number of β-lactam (4-membered cyclic amide) rings is 1. The van der Waals surface area contributed by atoms with Crippen molar-refractivity contribution in [1.29, 1.82) is 0 Å². The molecule has 3 heterocycles. The number of carbonyl (C=O) groups is 3. The normalized spacial score (nSPS) is 19.4. The van der Waals surface area contributed by atoms with Gasteiger partial charge in [-0.2, -0.15) is 4.57 Å². The number of carbonyl (C=O) groups excluding carboxylic acids is 3. The van der Waals surface area contributed by atoms with Crippen LogP contribution in [0.3, 0.4) is 0 Å². The predicted octanol–water partition coefficient (Wildman–Crippen LogP) is 2.92. The molecule has 2 aromatic rings. The van der Waals surface area contributed by atoms with Crippen molar-refractivity contribution in [2.24, 2.45) is 0 Å². The Labute approximate surface area is 233 Å². The van der Waals surface area contributed by atoms with Crippen molar-refractivity contribution in [3.63, 3.8) is 0 Å². The number of amides is 2. The number of halogens is 3. The Bertz CT molecular complexity index is 1250. The van der Waals surface area contributed by atoms with Gasteiger partial charge in [0.2, 0.25) is 9.70 Å². The highest BCUT2D eigenvalue weighted by molar-refractivity contribution is 8.00. The molecule has 1 fully saturated rings. The molecule has 2 amide bonds. The molecular weight excluding hydrogens is 559 g/mol. The summed E-state index contributed by atoms with van der Waals surface area (Å²) in [6, 6.07) is 12.1. The van der Waals surface area contributed by atoms with Crippen LogP contribution >= 0.6 is 46.6 Å². The van der Waals surface area contributed by atoms with E-state index in [1.165, 1.54) is 16.7 Å². The average molecular weight is 583 g/mol. The first kappa shape index (κ1) is 27.3. The molecule has 12 heteroatoms. The molecule has 2 aliphatic rings. The second kappa shape index (κ2) is 11.8. The Morgan fingerprint density at radius 3 is 2.68 bits per heavy atom. The van der Waals surface area contributed by atoms with E-state index in [-0.39, 0.29) is 18.0 Å². The van der Waals surface area contributed by atoms with Crippen molar-refractivity contribution in [3.05, 3.63) is 83.8 Å². The summed E-state index contributed by atoms with van der Waals surface area (Å²) in [5.74, 6) is -1.06. The van der Waals surface area contributed by atoms with Crippen LogP contribution in [0.2, 0.25) is 0 Å². The largest absolute Gasteiger partial charge is 0.456 e. The zero-order valence-corrected chi connectivity index (χ0v) is 22.6. The van der Waals surface area contributed by atoms with Gasteiger partial charge < -0.3 is 15.8 Å². The summed E-state index contributed by atoms with van der Waals surface area (Å²) in [4.78, 5) is 40.1. The van der Waals surface area contributed by atoms with Crippen LogP contribution in [0.25, 0.3) is 0 Å².